The lowest BCUT2D eigenvalue weighted by Gasteiger charge is -2.08. The van der Waals surface area contributed by atoms with Gasteiger partial charge in [0.05, 0.1) is 21.9 Å². The molecule has 3 aromatic rings. The van der Waals surface area contributed by atoms with E-state index in [4.69, 9.17) is 5.26 Å². The van der Waals surface area contributed by atoms with Crippen molar-refractivity contribution in [3.8, 4) is 6.07 Å². The number of carbonyl (C=O) groups is 1. The number of carbonyl (C=O) groups excluding carboxylic acids is 1. The fourth-order valence-electron chi connectivity index (χ4n) is 2.48. The minimum absolute atomic E-state index is 0.0264. The molecule has 0 spiro atoms. The largest absolute Gasteiger partial charge is 0.330 e. The van der Waals surface area contributed by atoms with Crippen LogP contribution in [0.4, 0.5) is 22.2 Å². The Morgan fingerprint density at radius 2 is 2.07 bits per heavy atom. The van der Waals surface area contributed by atoms with E-state index in [2.05, 4.69) is 20.8 Å². The molecule has 0 saturated heterocycles. The summed E-state index contributed by atoms with van der Waals surface area (Å²) in [5.41, 5.74) is 3.28. The predicted octanol–water partition coefficient (Wildman–Crippen LogP) is 4.41. The second-order valence-electron chi connectivity index (χ2n) is 6.18. The standard InChI is InChI=1S/C19H16N6O3S2/c1-11-4-3-5-15(12(11)2)22-18-23-24-19(30-18)29-10-17(26)21-16-7-6-14(25(27)28)8-13(16)9-20/h3-8H,10H2,1-2H3,(H,21,26)(H,22,23). The Morgan fingerprint density at radius 3 is 2.80 bits per heavy atom. The Kier molecular flexibility index (Phi) is 6.61. The van der Waals surface area contributed by atoms with E-state index in [1.165, 1.54) is 40.8 Å². The van der Waals surface area contributed by atoms with Gasteiger partial charge in [-0.15, -0.1) is 10.2 Å². The summed E-state index contributed by atoms with van der Waals surface area (Å²) in [5, 5.41) is 34.6. The number of amides is 1. The van der Waals surface area contributed by atoms with Gasteiger partial charge in [-0.2, -0.15) is 5.26 Å². The lowest BCUT2D eigenvalue weighted by molar-refractivity contribution is -0.384. The van der Waals surface area contributed by atoms with Gasteiger partial charge in [0.25, 0.3) is 5.69 Å². The Balaban J connectivity index is 1.59. The number of rotatable bonds is 7. The molecule has 0 bridgehead atoms. The molecule has 0 unspecified atom stereocenters. The number of anilines is 3. The third kappa shape index (κ3) is 5.11. The summed E-state index contributed by atoms with van der Waals surface area (Å²) >= 11 is 2.54. The number of nitro benzene ring substituents is 1. The van der Waals surface area contributed by atoms with E-state index in [9.17, 15) is 14.9 Å². The minimum Gasteiger partial charge on any atom is -0.330 e. The number of hydrogen-bond donors (Lipinski definition) is 2. The highest BCUT2D eigenvalue weighted by molar-refractivity contribution is 8.01. The molecular weight excluding hydrogens is 424 g/mol. The van der Waals surface area contributed by atoms with Crippen LogP contribution in [0.15, 0.2) is 40.7 Å². The topological polar surface area (TPSA) is 134 Å². The number of aromatic nitrogens is 2. The molecule has 152 valence electrons. The van der Waals surface area contributed by atoms with Crippen LogP contribution in [0.3, 0.4) is 0 Å². The van der Waals surface area contributed by atoms with Crippen molar-refractivity contribution < 1.29 is 9.72 Å². The van der Waals surface area contributed by atoms with Gasteiger partial charge in [0.15, 0.2) is 4.34 Å². The van der Waals surface area contributed by atoms with E-state index < -0.39 is 4.92 Å². The molecule has 2 aromatic carbocycles. The fraction of sp³-hybridized carbons (Fsp3) is 0.158. The molecule has 0 fully saturated rings. The van der Waals surface area contributed by atoms with Crippen molar-refractivity contribution in [1.29, 1.82) is 5.26 Å². The van der Waals surface area contributed by atoms with Crippen LogP contribution in [0.1, 0.15) is 16.7 Å². The van der Waals surface area contributed by atoms with Crippen LogP contribution in [0, 0.1) is 35.3 Å². The quantitative estimate of drug-likeness (QED) is 0.313. The van der Waals surface area contributed by atoms with Crippen LogP contribution in [0.25, 0.3) is 0 Å². The molecule has 1 amide bonds. The second-order valence-corrected chi connectivity index (χ2v) is 8.38. The van der Waals surface area contributed by atoms with Crippen LogP contribution in [-0.4, -0.2) is 26.8 Å². The van der Waals surface area contributed by atoms with Gasteiger partial charge in [-0.3, -0.25) is 14.9 Å². The Bertz CT molecular complexity index is 1160. The number of aryl methyl sites for hydroxylation is 1. The lowest BCUT2D eigenvalue weighted by atomic mass is 10.1. The highest BCUT2D eigenvalue weighted by atomic mass is 32.2. The molecule has 0 aliphatic heterocycles. The van der Waals surface area contributed by atoms with Gasteiger partial charge < -0.3 is 10.6 Å². The second kappa shape index (κ2) is 9.34. The average molecular weight is 441 g/mol. The first kappa shape index (κ1) is 21.2. The molecule has 9 nitrogen and oxygen atoms in total. The monoisotopic (exact) mass is 440 g/mol. The molecule has 1 aromatic heterocycles. The van der Waals surface area contributed by atoms with Gasteiger partial charge in [-0.1, -0.05) is 35.2 Å². The fourth-order valence-corrected chi connectivity index (χ4v) is 4.05. The van der Waals surface area contributed by atoms with Crippen molar-refractivity contribution >= 4 is 51.2 Å². The molecule has 0 aliphatic carbocycles. The third-order valence-corrected chi connectivity index (χ3v) is 6.16. The molecular formula is C19H16N6O3S2. The van der Waals surface area contributed by atoms with Crippen molar-refractivity contribution in [2.24, 2.45) is 0 Å². The maximum Gasteiger partial charge on any atom is 0.270 e. The molecule has 0 atom stereocenters. The average Bonchev–Trinajstić information content (AvgIpc) is 3.17. The summed E-state index contributed by atoms with van der Waals surface area (Å²) in [6.07, 6.45) is 0. The summed E-state index contributed by atoms with van der Waals surface area (Å²) in [7, 11) is 0. The summed E-state index contributed by atoms with van der Waals surface area (Å²) < 4.78 is 0.613. The van der Waals surface area contributed by atoms with Crippen molar-refractivity contribution in [2.75, 3.05) is 16.4 Å². The van der Waals surface area contributed by atoms with E-state index >= 15 is 0 Å². The highest BCUT2D eigenvalue weighted by Crippen LogP contribution is 2.29. The molecule has 2 N–H and O–H groups in total. The van der Waals surface area contributed by atoms with Gasteiger partial charge >= 0.3 is 0 Å². The van der Waals surface area contributed by atoms with Gasteiger partial charge in [-0.05, 0) is 37.1 Å². The van der Waals surface area contributed by atoms with Crippen LogP contribution in [0.2, 0.25) is 0 Å². The predicted molar refractivity (Wildman–Crippen MR) is 116 cm³/mol. The zero-order valence-corrected chi connectivity index (χ0v) is 17.6. The molecule has 1 heterocycles. The van der Waals surface area contributed by atoms with E-state index in [1.807, 2.05) is 38.1 Å². The number of non-ortho nitro benzene ring substituents is 1. The van der Waals surface area contributed by atoms with Crippen LogP contribution < -0.4 is 10.6 Å². The van der Waals surface area contributed by atoms with E-state index in [0.717, 1.165) is 17.3 Å². The molecule has 11 heteroatoms. The maximum absolute atomic E-state index is 12.2. The van der Waals surface area contributed by atoms with Crippen molar-refractivity contribution in [3.63, 3.8) is 0 Å². The first-order valence-electron chi connectivity index (χ1n) is 8.65. The Hall–Kier alpha value is -3.49. The SMILES string of the molecule is Cc1cccc(Nc2nnc(SCC(=O)Nc3ccc([N+](=O)[O-])cc3C#N)s2)c1C. The first-order valence-corrected chi connectivity index (χ1v) is 10.5. The number of nitriles is 1. The highest BCUT2D eigenvalue weighted by Gasteiger charge is 2.14. The van der Waals surface area contributed by atoms with E-state index in [-0.39, 0.29) is 28.6 Å². The number of hydrogen-bond acceptors (Lipinski definition) is 9. The van der Waals surface area contributed by atoms with Crippen LogP contribution >= 0.6 is 23.1 Å². The lowest BCUT2D eigenvalue weighted by Crippen LogP contribution is -2.15. The van der Waals surface area contributed by atoms with Crippen molar-refractivity contribution in [2.45, 2.75) is 18.2 Å². The summed E-state index contributed by atoms with van der Waals surface area (Å²) in [6, 6.07) is 11.5. The van der Waals surface area contributed by atoms with Gasteiger partial charge in [-0.25, -0.2) is 0 Å². The van der Waals surface area contributed by atoms with E-state index in [1.54, 1.807) is 0 Å². The minimum atomic E-state index is -0.596. The van der Waals surface area contributed by atoms with Gasteiger partial charge in [0.2, 0.25) is 11.0 Å². The zero-order valence-electron chi connectivity index (χ0n) is 16.0. The smallest absolute Gasteiger partial charge is 0.270 e. The maximum atomic E-state index is 12.2. The van der Waals surface area contributed by atoms with Gasteiger partial charge in [0.1, 0.15) is 6.07 Å². The van der Waals surface area contributed by atoms with Crippen molar-refractivity contribution in [3.05, 3.63) is 63.2 Å². The molecule has 3 rings (SSSR count). The number of nitro groups is 1. The van der Waals surface area contributed by atoms with Crippen LogP contribution in [-0.2, 0) is 4.79 Å². The van der Waals surface area contributed by atoms with Gasteiger partial charge in [0, 0.05) is 17.8 Å². The van der Waals surface area contributed by atoms with Crippen molar-refractivity contribution in [1.82, 2.24) is 10.2 Å². The Morgan fingerprint density at radius 1 is 1.27 bits per heavy atom. The Labute approximate surface area is 180 Å². The number of nitrogens with one attached hydrogen (secondary N) is 2. The summed E-state index contributed by atoms with van der Waals surface area (Å²) in [4.78, 5) is 22.4. The summed E-state index contributed by atoms with van der Waals surface area (Å²) in [5.74, 6) is -0.301. The molecule has 0 radical (unpaired) electrons. The molecule has 0 saturated carbocycles. The zero-order chi connectivity index (χ0) is 21.7. The number of benzene rings is 2. The van der Waals surface area contributed by atoms with E-state index in [0.29, 0.717) is 9.47 Å². The first-order chi connectivity index (χ1) is 14.4. The number of nitrogens with zero attached hydrogens (tertiary/aromatic N) is 4. The molecule has 30 heavy (non-hydrogen) atoms. The normalized spacial score (nSPS) is 10.3. The molecule has 0 aliphatic rings. The number of thioether (sulfide) groups is 1. The summed E-state index contributed by atoms with van der Waals surface area (Å²) in [6.45, 7) is 4.05. The van der Waals surface area contributed by atoms with Crippen LogP contribution in [0.5, 0.6) is 0 Å². The third-order valence-electron chi connectivity index (χ3n) is 4.19.